The zero-order chi connectivity index (χ0) is 8.10. The smallest absolute Gasteiger partial charge is 0.0386 e. The van der Waals surface area contributed by atoms with Gasteiger partial charge in [-0.2, -0.15) is 0 Å². The normalized spacial score (nSPS) is 31.1. The molecule has 0 saturated heterocycles. The summed E-state index contributed by atoms with van der Waals surface area (Å²) in [5, 5.41) is 0. The summed E-state index contributed by atoms with van der Waals surface area (Å²) in [6, 6.07) is 0. The standard InChI is InChI=1S/C11H22/c1-3-5-7-11-9-6-8-10(11)4-2/h10-11H,3-9H2,1-2H3/t10-,11-/m0/s1. The molecule has 1 saturated carbocycles. The topological polar surface area (TPSA) is 0 Å². The van der Waals surface area contributed by atoms with E-state index in [0.29, 0.717) is 0 Å². The van der Waals surface area contributed by atoms with Gasteiger partial charge >= 0.3 is 0 Å². The van der Waals surface area contributed by atoms with Crippen LogP contribution in [0.4, 0.5) is 0 Å². The highest BCUT2D eigenvalue weighted by molar-refractivity contribution is 4.76. The first-order valence-electron chi connectivity index (χ1n) is 5.38. The summed E-state index contributed by atoms with van der Waals surface area (Å²) in [7, 11) is 0. The molecule has 0 aliphatic heterocycles. The van der Waals surface area contributed by atoms with Gasteiger partial charge in [-0.05, 0) is 11.8 Å². The molecule has 1 fully saturated rings. The first-order chi connectivity index (χ1) is 5.38. The Balaban J connectivity index is 2.20. The molecule has 66 valence electrons. The lowest BCUT2D eigenvalue weighted by atomic mass is 9.89. The summed E-state index contributed by atoms with van der Waals surface area (Å²) in [6.07, 6.45) is 10.3. The fourth-order valence-electron chi connectivity index (χ4n) is 2.50. The van der Waals surface area contributed by atoms with Crippen molar-refractivity contribution in [2.75, 3.05) is 0 Å². The molecular weight excluding hydrogens is 132 g/mol. The van der Waals surface area contributed by atoms with Crippen molar-refractivity contribution in [1.29, 1.82) is 0 Å². The van der Waals surface area contributed by atoms with Gasteiger partial charge in [-0.15, -0.1) is 0 Å². The monoisotopic (exact) mass is 154 g/mol. The highest BCUT2D eigenvalue weighted by Gasteiger charge is 2.24. The third kappa shape index (κ3) is 2.50. The van der Waals surface area contributed by atoms with E-state index in [0.717, 1.165) is 11.8 Å². The summed E-state index contributed by atoms with van der Waals surface area (Å²) < 4.78 is 0. The van der Waals surface area contributed by atoms with Gasteiger partial charge < -0.3 is 0 Å². The molecular formula is C11H22. The van der Waals surface area contributed by atoms with E-state index in [4.69, 9.17) is 0 Å². The molecule has 0 nitrogen and oxygen atoms in total. The van der Waals surface area contributed by atoms with Crippen molar-refractivity contribution in [2.45, 2.75) is 58.8 Å². The molecule has 1 rings (SSSR count). The molecule has 0 heteroatoms. The van der Waals surface area contributed by atoms with Crippen LogP contribution in [0.1, 0.15) is 58.8 Å². The largest absolute Gasteiger partial charge is 0.0654 e. The van der Waals surface area contributed by atoms with Gasteiger partial charge in [-0.1, -0.05) is 58.8 Å². The summed E-state index contributed by atoms with van der Waals surface area (Å²) in [5.74, 6) is 2.18. The van der Waals surface area contributed by atoms with Crippen molar-refractivity contribution >= 4 is 0 Å². The van der Waals surface area contributed by atoms with E-state index in [1.54, 1.807) is 0 Å². The van der Waals surface area contributed by atoms with E-state index in [-0.39, 0.29) is 0 Å². The van der Waals surface area contributed by atoms with E-state index in [2.05, 4.69) is 13.8 Å². The number of hydrogen-bond donors (Lipinski definition) is 0. The number of hydrogen-bond acceptors (Lipinski definition) is 0. The minimum atomic E-state index is 1.08. The number of rotatable bonds is 4. The molecule has 0 amide bonds. The molecule has 0 spiro atoms. The lowest BCUT2D eigenvalue weighted by molar-refractivity contribution is 0.346. The zero-order valence-corrected chi connectivity index (χ0v) is 8.10. The van der Waals surface area contributed by atoms with Crippen LogP contribution in [-0.2, 0) is 0 Å². The van der Waals surface area contributed by atoms with Gasteiger partial charge in [0.15, 0.2) is 0 Å². The third-order valence-electron chi connectivity index (χ3n) is 3.27. The van der Waals surface area contributed by atoms with Crippen molar-refractivity contribution in [3.05, 3.63) is 0 Å². The molecule has 0 aromatic heterocycles. The lowest BCUT2D eigenvalue weighted by Gasteiger charge is -2.16. The summed E-state index contributed by atoms with van der Waals surface area (Å²) >= 11 is 0. The first kappa shape index (κ1) is 9.09. The average Bonchev–Trinajstić information content (AvgIpc) is 2.47. The maximum absolute atomic E-state index is 2.36. The quantitative estimate of drug-likeness (QED) is 0.574. The van der Waals surface area contributed by atoms with E-state index in [1.165, 1.54) is 44.9 Å². The van der Waals surface area contributed by atoms with Crippen LogP contribution in [0.15, 0.2) is 0 Å². The Labute approximate surface area is 71.4 Å². The van der Waals surface area contributed by atoms with Crippen LogP contribution in [0.2, 0.25) is 0 Å². The second kappa shape index (κ2) is 4.79. The Kier molecular flexibility index (Phi) is 3.96. The molecule has 0 unspecified atom stereocenters. The van der Waals surface area contributed by atoms with Crippen molar-refractivity contribution in [3.63, 3.8) is 0 Å². The number of unbranched alkanes of at least 4 members (excludes halogenated alkanes) is 1. The molecule has 0 N–H and O–H groups in total. The van der Waals surface area contributed by atoms with E-state index in [1.807, 2.05) is 0 Å². The third-order valence-corrected chi connectivity index (χ3v) is 3.27. The van der Waals surface area contributed by atoms with Crippen molar-refractivity contribution < 1.29 is 0 Å². The Bertz CT molecular complexity index is 96.2. The first-order valence-corrected chi connectivity index (χ1v) is 5.38. The van der Waals surface area contributed by atoms with Crippen LogP contribution in [0.25, 0.3) is 0 Å². The van der Waals surface area contributed by atoms with Crippen molar-refractivity contribution in [2.24, 2.45) is 11.8 Å². The van der Waals surface area contributed by atoms with Crippen LogP contribution >= 0.6 is 0 Å². The molecule has 0 aromatic carbocycles. The molecule has 1 aliphatic carbocycles. The maximum Gasteiger partial charge on any atom is -0.0386 e. The molecule has 0 radical (unpaired) electrons. The second-order valence-electron chi connectivity index (χ2n) is 4.00. The predicted octanol–water partition coefficient (Wildman–Crippen LogP) is 4.00. The van der Waals surface area contributed by atoms with Gasteiger partial charge in [0.2, 0.25) is 0 Å². The van der Waals surface area contributed by atoms with Crippen LogP contribution in [0, 0.1) is 11.8 Å². The maximum atomic E-state index is 2.36. The SMILES string of the molecule is CCCC[C@H]1CCC[C@@H]1CC. The van der Waals surface area contributed by atoms with Crippen LogP contribution in [-0.4, -0.2) is 0 Å². The van der Waals surface area contributed by atoms with E-state index < -0.39 is 0 Å². The zero-order valence-electron chi connectivity index (χ0n) is 8.10. The van der Waals surface area contributed by atoms with Gasteiger partial charge in [0.1, 0.15) is 0 Å². The Hall–Kier alpha value is 0. The van der Waals surface area contributed by atoms with Gasteiger partial charge in [0.25, 0.3) is 0 Å². The highest BCUT2D eigenvalue weighted by Crippen LogP contribution is 2.36. The molecule has 0 aromatic rings. The van der Waals surface area contributed by atoms with Crippen LogP contribution in [0.3, 0.4) is 0 Å². The van der Waals surface area contributed by atoms with Crippen LogP contribution < -0.4 is 0 Å². The summed E-state index contributed by atoms with van der Waals surface area (Å²) in [4.78, 5) is 0. The van der Waals surface area contributed by atoms with E-state index in [9.17, 15) is 0 Å². The predicted molar refractivity (Wildman–Crippen MR) is 50.6 cm³/mol. The van der Waals surface area contributed by atoms with E-state index >= 15 is 0 Å². The second-order valence-corrected chi connectivity index (χ2v) is 4.00. The van der Waals surface area contributed by atoms with Crippen molar-refractivity contribution in [3.8, 4) is 0 Å². The highest BCUT2D eigenvalue weighted by atomic mass is 14.3. The molecule has 11 heavy (non-hydrogen) atoms. The van der Waals surface area contributed by atoms with Gasteiger partial charge in [-0.3, -0.25) is 0 Å². The fourth-order valence-corrected chi connectivity index (χ4v) is 2.50. The minimum absolute atomic E-state index is 1.08. The minimum Gasteiger partial charge on any atom is -0.0654 e. The summed E-state index contributed by atoms with van der Waals surface area (Å²) in [6.45, 7) is 4.66. The summed E-state index contributed by atoms with van der Waals surface area (Å²) in [5.41, 5.74) is 0. The average molecular weight is 154 g/mol. The Morgan fingerprint density at radius 2 is 1.82 bits per heavy atom. The molecule has 2 atom stereocenters. The van der Waals surface area contributed by atoms with Gasteiger partial charge in [0, 0.05) is 0 Å². The molecule has 0 heterocycles. The van der Waals surface area contributed by atoms with Crippen LogP contribution in [0.5, 0.6) is 0 Å². The fraction of sp³-hybridized carbons (Fsp3) is 1.00. The van der Waals surface area contributed by atoms with Crippen molar-refractivity contribution in [1.82, 2.24) is 0 Å². The molecule has 1 aliphatic rings. The Morgan fingerprint density at radius 1 is 1.09 bits per heavy atom. The van der Waals surface area contributed by atoms with Gasteiger partial charge in [0.05, 0.1) is 0 Å². The van der Waals surface area contributed by atoms with Gasteiger partial charge in [-0.25, -0.2) is 0 Å². The molecule has 0 bridgehead atoms. The Morgan fingerprint density at radius 3 is 2.45 bits per heavy atom. The lowest BCUT2D eigenvalue weighted by Crippen LogP contribution is -2.06.